The van der Waals surface area contributed by atoms with Crippen molar-refractivity contribution in [2.24, 2.45) is 0 Å². The minimum atomic E-state index is -0.822. The monoisotopic (exact) mass is 319 g/mol. The van der Waals surface area contributed by atoms with Gasteiger partial charge < -0.3 is 5.11 Å². The van der Waals surface area contributed by atoms with E-state index in [4.69, 9.17) is 0 Å². The molecule has 0 aliphatic rings. The maximum Gasteiger partial charge on any atom is 0.315 e. The standard InChI is InChI=1S/C14H12O2.Ag/c15-14(16)13(11-7-3-1-4-8-11)12-9-5-2-6-10-12;/h1-10,13H,(H,15,16);. The molecule has 0 fully saturated rings. The van der Waals surface area contributed by atoms with Crippen LogP contribution in [0, 0.1) is 0 Å². The van der Waals surface area contributed by atoms with Gasteiger partial charge in [0.25, 0.3) is 0 Å². The Bertz CT molecular complexity index is 429. The zero-order valence-corrected chi connectivity index (χ0v) is 10.5. The number of hydrogen-bond acceptors (Lipinski definition) is 1. The van der Waals surface area contributed by atoms with Crippen LogP contribution in [0.15, 0.2) is 60.7 Å². The Morgan fingerprint density at radius 2 is 1.18 bits per heavy atom. The summed E-state index contributed by atoms with van der Waals surface area (Å²) < 4.78 is 0. The van der Waals surface area contributed by atoms with E-state index < -0.39 is 11.9 Å². The van der Waals surface area contributed by atoms with Crippen molar-refractivity contribution in [2.45, 2.75) is 5.92 Å². The van der Waals surface area contributed by atoms with Crippen LogP contribution in [0.25, 0.3) is 0 Å². The molecule has 2 nitrogen and oxygen atoms in total. The van der Waals surface area contributed by atoms with Crippen molar-refractivity contribution in [2.75, 3.05) is 0 Å². The second-order valence-corrected chi connectivity index (χ2v) is 3.59. The van der Waals surface area contributed by atoms with Crippen molar-refractivity contribution in [1.29, 1.82) is 0 Å². The van der Waals surface area contributed by atoms with Crippen LogP contribution in [0.5, 0.6) is 0 Å². The number of benzene rings is 2. The normalized spacial score (nSPS) is 9.71. The Morgan fingerprint density at radius 3 is 1.47 bits per heavy atom. The van der Waals surface area contributed by atoms with Gasteiger partial charge in [-0.05, 0) is 11.1 Å². The summed E-state index contributed by atoms with van der Waals surface area (Å²) in [5.74, 6) is -1.40. The first-order chi connectivity index (χ1) is 7.79. The molecule has 2 aromatic rings. The van der Waals surface area contributed by atoms with Gasteiger partial charge in [0.05, 0.1) is 0 Å². The smallest absolute Gasteiger partial charge is 0.315 e. The van der Waals surface area contributed by atoms with Crippen LogP contribution in [0.3, 0.4) is 0 Å². The molecule has 0 spiro atoms. The second kappa shape index (κ2) is 6.40. The van der Waals surface area contributed by atoms with E-state index in [1.165, 1.54) is 0 Å². The number of carboxylic acid groups (broad SMARTS) is 1. The summed E-state index contributed by atoms with van der Waals surface area (Å²) in [6, 6.07) is 18.5. The van der Waals surface area contributed by atoms with E-state index in [0.717, 1.165) is 11.1 Å². The quantitative estimate of drug-likeness (QED) is 0.883. The van der Waals surface area contributed by atoms with Crippen LogP contribution in [0.2, 0.25) is 0 Å². The molecule has 0 amide bonds. The van der Waals surface area contributed by atoms with Gasteiger partial charge in [0.2, 0.25) is 0 Å². The molecule has 17 heavy (non-hydrogen) atoms. The van der Waals surface area contributed by atoms with Crippen LogP contribution in [-0.4, -0.2) is 11.1 Å². The minimum absolute atomic E-state index is 0. The van der Waals surface area contributed by atoms with Gasteiger partial charge in [-0.3, -0.25) is 4.79 Å². The minimum Gasteiger partial charge on any atom is -0.481 e. The molecule has 0 aliphatic heterocycles. The van der Waals surface area contributed by atoms with E-state index in [2.05, 4.69) is 0 Å². The van der Waals surface area contributed by atoms with Crippen molar-refractivity contribution in [3.05, 3.63) is 71.8 Å². The molecule has 1 radical (unpaired) electrons. The number of carboxylic acids is 1. The summed E-state index contributed by atoms with van der Waals surface area (Å²) >= 11 is 0. The topological polar surface area (TPSA) is 37.3 Å². The van der Waals surface area contributed by atoms with E-state index in [1.54, 1.807) is 0 Å². The van der Waals surface area contributed by atoms with Crippen molar-refractivity contribution < 1.29 is 32.3 Å². The van der Waals surface area contributed by atoms with Crippen molar-refractivity contribution in [1.82, 2.24) is 0 Å². The van der Waals surface area contributed by atoms with E-state index in [1.807, 2.05) is 60.7 Å². The third kappa shape index (κ3) is 3.30. The summed E-state index contributed by atoms with van der Waals surface area (Å²) in [4.78, 5) is 11.3. The van der Waals surface area contributed by atoms with Crippen LogP contribution in [-0.2, 0) is 27.2 Å². The first-order valence-electron chi connectivity index (χ1n) is 5.12. The summed E-state index contributed by atoms with van der Waals surface area (Å²) in [5.41, 5.74) is 1.61. The first kappa shape index (κ1) is 13.7. The van der Waals surface area contributed by atoms with Gasteiger partial charge in [-0.2, -0.15) is 0 Å². The number of aliphatic carboxylic acids is 1. The molecular formula is C14H12AgO2. The van der Waals surface area contributed by atoms with Crippen LogP contribution in [0.1, 0.15) is 17.0 Å². The van der Waals surface area contributed by atoms with E-state index in [-0.39, 0.29) is 22.4 Å². The molecule has 0 aromatic heterocycles. The van der Waals surface area contributed by atoms with Crippen molar-refractivity contribution in [3.8, 4) is 0 Å². The second-order valence-electron chi connectivity index (χ2n) is 3.59. The number of carbonyl (C=O) groups is 1. The van der Waals surface area contributed by atoms with Crippen molar-refractivity contribution in [3.63, 3.8) is 0 Å². The Hall–Kier alpha value is -1.35. The molecule has 0 aliphatic carbocycles. The molecule has 0 atom stereocenters. The van der Waals surface area contributed by atoms with E-state index >= 15 is 0 Å². The molecule has 91 valence electrons. The summed E-state index contributed by atoms with van der Waals surface area (Å²) in [6.45, 7) is 0. The molecule has 0 unspecified atom stereocenters. The molecule has 0 saturated heterocycles. The molecule has 3 heteroatoms. The fourth-order valence-corrected chi connectivity index (χ4v) is 1.77. The Kier molecular flexibility index (Phi) is 5.16. The molecule has 2 rings (SSSR count). The zero-order chi connectivity index (χ0) is 11.4. The maximum absolute atomic E-state index is 11.3. The van der Waals surface area contributed by atoms with Gasteiger partial charge >= 0.3 is 5.97 Å². The fraction of sp³-hybridized carbons (Fsp3) is 0.0714. The van der Waals surface area contributed by atoms with Gasteiger partial charge in [0, 0.05) is 22.4 Å². The van der Waals surface area contributed by atoms with Gasteiger partial charge in [-0.15, -0.1) is 0 Å². The Balaban J connectivity index is 0.00000144. The number of rotatable bonds is 3. The maximum atomic E-state index is 11.3. The average Bonchev–Trinajstić information content (AvgIpc) is 2.31. The van der Waals surface area contributed by atoms with Crippen LogP contribution < -0.4 is 0 Å². The van der Waals surface area contributed by atoms with Gasteiger partial charge in [0.1, 0.15) is 5.92 Å². The Morgan fingerprint density at radius 1 is 0.824 bits per heavy atom. The molecule has 0 bridgehead atoms. The summed E-state index contributed by atoms with van der Waals surface area (Å²) in [5, 5.41) is 9.28. The van der Waals surface area contributed by atoms with Gasteiger partial charge in [-0.1, -0.05) is 60.7 Å². The van der Waals surface area contributed by atoms with Crippen molar-refractivity contribution >= 4 is 5.97 Å². The van der Waals surface area contributed by atoms with Crippen LogP contribution in [0.4, 0.5) is 0 Å². The van der Waals surface area contributed by atoms with Crippen LogP contribution >= 0.6 is 0 Å². The first-order valence-corrected chi connectivity index (χ1v) is 5.12. The largest absolute Gasteiger partial charge is 0.481 e. The fourth-order valence-electron chi connectivity index (χ4n) is 1.77. The SMILES string of the molecule is O=C(O)C(c1ccccc1)c1ccccc1.[Ag]. The number of hydrogen-bond donors (Lipinski definition) is 1. The van der Waals surface area contributed by atoms with E-state index in [9.17, 15) is 9.90 Å². The van der Waals surface area contributed by atoms with Gasteiger partial charge in [0.15, 0.2) is 0 Å². The molecular weight excluding hydrogens is 308 g/mol. The predicted molar refractivity (Wildman–Crippen MR) is 62.4 cm³/mol. The molecule has 1 N–H and O–H groups in total. The molecule has 0 saturated carbocycles. The third-order valence-corrected chi connectivity index (χ3v) is 2.51. The Labute approximate surface area is 116 Å². The molecule has 2 aromatic carbocycles. The third-order valence-electron chi connectivity index (χ3n) is 2.51. The molecule has 0 heterocycles. The predicted octanol–water partition coefficient (Wildman–Crippen LogP) is 2.90. The van der Waals surface area contributed by atoms with E-state index in [0.29, 0.717) is 0 Å². The average molecular weight is 320 g/mol. The van der Waals surface area contributed by atoms with Gasteiger partial charge in [-0.25, -0.2) is 0 Å². The summed E-state index contributed by atoms with van der Waals surface area (Å²) in [7, 11) is 0. The zero-order valence-electron chi connectivity index (χ0n) is 9.01. The summed E-state index contributed by atoms with van der Waals surface area (Å²) in [6.07, 6.45) is 0.